The molecule has 1 fully saturated rings. The molecule has 0 bridgehead atoms. The number of aromatic nitrogens is 1. The van der Waals surface area contributed by atoms with E-state index >= 15 is 0 Å². The van der Waals surface area contributed by atoms with Crippen molar-refractivity contribution < 1.29 is 19.1 Å². The lowest BCUT2D eigenvalue weighted by Gasteiger charge is -2.24. The van der Waals surface area contributed by atoms with Crippen LogP contribution in [0.1, 0.15) is 43.2 Å². The van der Waals surface area contributed by atoms with Gasteiger partial charge < -0.3 is 15.0 Å². The summed E-state index contributed by atoms with van der Waals surface area (Å²) >= 11 is 6.40. The van der Waals surface area contributed by atoms with Gasteiger partial charge in [-0.25, -0.2) is 4.79 Å². The number of rotatable bonds is 3. The molecule has 0 aliphatic carbocycles. The zero-order valence-electron chi connectivity index (χ0n) is 17.8. The molecule has 3 aromatic rings. The van der Waals surface area contributed by atoms with Crippen LogP contribution >= 0.6 is 11.6 Å². The average molecular weight is 462 g/mol. The molecule has 1 saturated heterocycles. The molecule has 2 aliphatic rings. The Labute approximate surface area is 195 Å². The van der Waals surface area contributed by atoms with Crippen LogP contribution < -0.4 is 5.32 Å². The number of carbonyl (C=O) groups excluding carboxylic acids is 3. The number of hydrogen-bond donors (Lipinski definition) is 1. The second-order valence-corrected chi connectivity index (χ2v) is 8.52. The lowest BCUT2D eigenvalue weighted by atomic mass is 9.91. The Kier molecular flexibility index (Phi) is 5.13. The number of esters is 1. The number of amides is 2. The Balaban J connectivity index is 1.41. The van der Waals surface area contributed by atoms with Crippen molar-refractivity contribution in [1.29, 1.82) is 0 Å². The number of pyridine rings is 1. The maximum atomic E-state index is 13.4. The van der Waals surface area contributed by atoms with Crippen molar-refractivity contribution in [3.05, 3.63) is 88.2 Å². The van der Waals surface area contributed by atoms with Crippen molar-refractivity contribution >= 4 is 29.4 Å². The van der Waals surface area contributed by atoms with Crippen molar-refractivity contribution in [3.63, 3.8) is 0 Å². The van der Waals surface area contributed by atoms with Gasteiger partial charge in [-0.05, 0) is 29.8 Å². The molecular weight excluding hydrogens is 442 g/mol. The first-order valence-electron chi connectivity index (χ1n) is 10.5. The summed E-state index contributed by atoms with van der Waals surface area (Å²) in [5.41, 5.74) is 2.74. The van der Waals surface area contributed by atoms with Crippen LogP contribution in [0, 0.1) is 0 Å². The van der Waals surface area contributed by atoms with Crippen molar-refractivity contribution in [2.45, 2.75) is 12.0 Å². The first-order valence-corrected chi connectivity index (χ1v) is 10.9. The predicted octanol–water partition coefficient (Wildman–Crippen LogP) is 3.67. The number of likely N-dealkylation sites (tertiary alicyclic amines) is 1. The fraction of sp³-hybridized carbons (Fsp3) is 0.200. The summed E-state index contributed by atoms with van der Waals surface area (Å²) in [6, 6.07) is 15.9. The Hall–Kier alpha value is -3.71. The lowest BCUT2D eigenvalue weighted by Crippen LogP contribution is -2.34. The molecule has 1 spiro atoms. The molecule has 0 saturated carbocycles. The maximum absolute atomic E-state index is 13.4. The summed E-state index contributed by atoms with van der Waals surface area (Å²) in [4.78, 5) is 43.3. The fourth-order valence-electron chi connectivity index (χ4n) is 4.47. The van der Waals surface area contributed by atoms with Gasteiger partial charge in [0.25, 0.3) is 11.8 Å². The lowest BCUT2D eigenvalue weighted by molar-refractivity contribution is -0.00306. The number of hydrogen-bond acceptors (Lipinski definition) is 5. The third kappa shape index (κ3) is 3.54. The summed E-state index contributed by atoms with van der Waals surface area (Å²) in [6.45, 7) is 0.723. The molecule has 3 heterocycles. The molecule has 0 radical (unpaired) electrons. The Morgan fingerprint density at radius 2 is 1.91 bits per heavy atom. The molecule has 1 N–H and O–H groups in total. The highest BCUT2D eigenvalue weighted by Crippen LogP contribution is 2.43. The minimum absolute atomic E-state index is 0.228. The van der Waals surface area contributed by atoms with Crippen LogP contribution in [0.15, 0.2) is 60.8 Å². The minimum Gasteiger partial charge on any atom is -0.449 e. The van der Waals surface area contributed by atoms with Gasteiger partial charge in [0.1, 0.15) is 5.69 Å². The molecule has 8 heteroatoms. The van der Waals surface area contributed by atoms with Crippen LogP contribution in [0.3, 0.4) is 0 Å². The van der Waals surface area contributed by atoms with Crippen LogP contribution in [0.5, 0.6) is 0 Å². The van der Waals surface area contributed by atoms with Gasteiger partial charge in [-0.3, -0.25) is 14.6 Å². The largest absolute Gasteiger partial charge is 0.449 e. The van der Waals surface area contributed by atoms with E-state index in [0.717, 1.165) is 16.7 Å². The third-order valence-corrected chi connectivity index (χ3v) is 6.53. The van der Waals surface area contributed by atoms with E-state index in [0.29, 0.717) is 34.8 Å². The van der Waals surface area contributed by atoms with Gasteiger partial charge in [0.05, 0.1) is 22.7 Å². The summed E-state index contributed by atoms with van der Waals surface area (Å²) in [5, 5.41) is 2.87. The number of nitrogens with one attached hydrogen (secondary N) is 1. The molecule has 7 nitrogen and oxygen atoms in total. The SMILES string of the molecule is CNC(=O)c1ccc(-c2ccc(Cl)c(C(=O)N3CC[C@@]4(C3)OC(=O)c3ccccc34)c2)cn1. The highest BCUT2D eigenvalue weighted by atomic mass is 35.5. The second-order valence-electron chi connectivity index (χ2n) is 8.11. The van der Waals surface area contributed by atoms with Crippen molar-refractivity contribution in [1.82, 2.24) is 15.2 Å². The molecule has 5 rings (SSSR count). The van der Waals surface area contributed by atoms with Gasteiger partial charge in [-0.2, -0.15) is 0 Å². The highest BCUT2D eigenvalue weighted by Gasteiger charge is 2.51. The van der Waals surface area contributed by atoms with Crippen LogP contribution in [-0.2, 0) is 10.3 Å². The van der Waals surface area contributed by atoms with Crippen molar-refractivity contribution in [3.8, 4) is 11.1 Å². The second kappa shape index (κ2) is 8.01. The van der Waals surface area contributed by atoms with E-state index < -0.39 is 5.60 Å². The molecule has 2 amide bonds. The van der Waals surface area contributed by atoms with E-state index in [1.807, 2.05) is 12.1 Å². The van der Waals surface area contributed by atoms with E-state index in [2.05, 4.69) is 10.3 Å². The van der Waals surface area contributed by atoms with E-state index in [9.17, 15) is 14.4 Å². The van der Waals surface area contributed by atoms with Crippen LogP contribution in [-0.4, -0.2) is 47.8 Å². The molecule has 33 heavy (non-hydrogen) atoms. The molecule has 1 atom stereocenters. The topological polar surface area (TPSA) is 88.6 Å². The number of nitrogens with zero attached hydrogens (tertiary/aromatic N) is 2. The summed E-state index contributed by atoms with van der Waals surface area (Å²) in [6.07, 6.45) is 2.12. The van der Waals surface area contributed by atoms with Crippen LogP contribution in [0.2, 0.25) is 5.02 Å². The number of benzene rings is 2. The normalized spacial score (nSPS) is 18.8. The molecule has 2 aromatic carbocycles. The van der Waals surface area contributed by atoms with Gasteiger partial charge in [0, 0.05) is 37.3 Å². The Morgan fingerprint density at radius 3 is 2.67 bits per heavy atom. The van der Waals surface area contributed by atoms with Crippen LogP contribution in [0.25, 0.3) is 11.1 Å². The average Bonchev–Trinajstić information content (AvgIpc) is 3.40. The van der Waals surface area contributed by atoms with Gasteiger partial charge in [0.15, 0.2) is 5.60 Å². The van der Waals surface area contributed by atoms with E-state index in [1.165, 1.54) is 0 Å². The molecule has 0 unspecified atom stereocenters. The Morgan fingerprint density at radius 1 is 1.12 bits per heavy atom. The zero-order valence-corrected chi connectivity index (χ0v) is 18.6. The van der Waals surface area contributed by atoms with E-state index in [4.69, 9.17) is 16.3 Å². The molecule has 1 aromatic heterocycles. The zero-order chi connectivity index (χ0) is 23.2. The summed E-state index contributed by atoms with van der Waals surface area (Å²) in [5.74, 6) is -0.854. The van der Waals surface area contributed by atoms with Crippen molar-refractivity contribution in [2.24, 2.45) is 0 Å². The van der Waals surface area contributed by atoms with Gasteiger partial charge in [0.2, 0.25) is 0 Å². The maximum Gasteiger partial charge on any atom is 0.339 e. The molecule has 166 valence electrons. The predicted molar refractivity (Wildman–Crippen MR) is 122 cm³/mol. The number of fused-ring (bicyclic) bond motifs is 2. The number of halogens is 1. The third-order valence-electron chi connectivity index (χ3n) is 6.20. The van der Waals surface area contributed by atoms with Crippen molar-refractivity contribution in [2.75, 3.05) is 20.1 Å². The summed E-state index contributed by atoms with van der Waals surface area (Å²) < 4.78 is 5.75. The van der Waals surface area contributed by atoms with Gasteiger partial charge in [-0.1, -0.05) is 41.9 Å². The number of ether oxygens (including phenoxy) is 1. The van der Waals surface area contributed by atoms with E-state index in [1.54, 1.807) is 60.6 Å². The quantitative estimate of drug-likeness (QED) is 0.601. The molecule has 2 aliphatic heterocycles. The van der Waals surface area contributed by atoms with Crippen LogP contribution in [0.4, 0.5) is 0 Å². The standard InChI is InChI=1S/C25H20ClN3O4/c1-27-22(30)21-9-7-16(13-28-21)15-6-8-20(26)18(12-15)23(31)29-11-10-25(14-29)19-5-3-2-4-17(19)24(32)33-25/h2-9,12-13H,10-11,14H2,1H3,(H,27,30)/t25-/m0/s1. The summed E-state index contributed by atoms with van der Waals surface area (Å²) in [7, 11) is 1.54. The van der Waals surface area contributed by atoms with E-state index in [-0.39, 0.29) is 24.3 Å². The first kappa shape index (κ1) is 21.2. The monoisotopic (exact) mass is 461 g/mol. The molecular formula is C25H20ClN3O4. The minimum atomic E-state index is -0.812. The Bertz CT molecular complexity index is 1290. The highest BCUT2D eigenvalue weighted by molar-refractivity contribution is 6.34. The van der Waals surface area contributed by atoms with Gasteiger partial charge >= 0.3 is 5.97 Å². The van der Waals surface area contributed by atoms with Gasteiger partial charge in [-0.15, -0.1) is 0 Å². The first-order chi connectivity index (χ1) is 15.9. The fourth-order valence-corrected chi connectivity index (χ4v) is 4.67. The number of carbonyl (C=O) groups is 3. The smallest absolute Gasteiger partial charge is 0.339 e.